The Bertz CT molecular complexity index is 447. The minimum absolute atomic E-state index is 0. The summed E-state index contributed by atoms with van der Waals surface area (Å²) in [4.78, 5) is 23.8. The van der Waals surface area contributed by atoms with Gasteiger partial charge in [-0.2, -0.15) is 0 Å². The fraction of sp³-hybridized carbons (Fsp3) is 0.429. The Hall–Kier alpha value is -1.59. The molecule has 1 aromatic rings. The number of hydrogen-bond acceptors (Lipinski definition) is 3. The van der Waals surface area contributed by atoms with E-state index in [9.17, 15) is 9.59 Å². The molecule has 2 atom stereocenters. The lowest BCUT2D eigenvalue weighted by Gasteiger charge is -2.16. The lowest BCUT2D eigenvalue weighted by atomic mass is 10.1. The molecule has 2 rings (SSSR count). The van der Waals surface area contributed by atoms with Crippen LogP contribution in [-0.4, -0.2) is 30.9 Å². The quantitative estimate of drug-likeness (QED) is 0.781. The van der Waals surface area contributed by atoms with Crippen LogP contribution in [0.25, 0.3) is 0 Å². The second-order valence-electron chi connectivity index (χ2n) is 4.78. The van der Waals surface area contributed by atoms with Gasteiger partial charge in [0.1, 0.15) is 6.04 Å². The maximum absolute atomic E-state index is 11.9. The zero-order valence-corrected chi connectivity index (χ0v) is 12.2. The van der Waals surface area contributed by atoms with Gasteiger partial charge >= 0.3 is 0 Å². The van der Waals surface area contributed by atoms with Crippen molar-refractivity contribution in [2.45, 2.75) is 19.4 Å². The fourth-order valence-corrected chi connectivity index (χ4v) is 2.05. The summed E-state index contributed by atoms with van der Waals surface area (Å²) in [6, 6.07) is 8.68. The van der Waals surface area contributed by atoms with E-state index < -0.39 is 6.04 Å². The third-order valence-electron chi connectivity index (χ3n) is 3.22. The number of carbonyl (C=O) groups excluding carboxylic acids is 2. The molecule has 5 nitrogen and oxygen atoms in total. The maximum atomic E-state index is 11.9. The van der Waals surface area contributed by atoms with Crippen molar-refractivity contribution in [2.75, 3.05) is 18.4 Å². The zero-order chi connectivity index (χ0) is 13.7. The molecule has 1 aromatic carbocycles. The highest BCUT2D eigenvalue weighted by molar-refractivity contribution is 5.97. The number of hydrogen-bond donors (Lipinski definition) is 3. The molecular formula is C14H20ClN3O2. The Morgan fingerprint density at radius 3 is 2.60 bits per heavy atom. The SMILES string of the molecule is CC(NC(=O)C1CCNC1)C(=O)Nc1ccccc1.Cl. The molecule has 20 heavy (non-hydrogen) atoms. The lowest BCUT2D eigenvalue weighted by molar-refractivity contribution is -0.128. The van der Waals surface area contributed by atoms with Crippen molar-refractivity contribution in [3.8, 4) is 0 Å². The highest BCUT2D eigenvalue weighted by Gasteiger charge is 2.25. The summed E-state index contributed by atoms with van der Waals surface area (Å²) >= 11 is 0. The van der Waals surface area contributed by atoms with Crippen molar-refractivity contribution in [3.05, 3.63) is 30.3 Å². The summed E-state index contributed by atoms with van der Waals surface area (Å²) in [5.41, 5.74) is 0.733. The van der Waals surface area contributed by atoms with Gasteiger partial charge in [-0.3, -0.25) is 9.59 Å². The number of rotatable bonds is 4. The minimum Gasteiger partial charge on any atom is -0.344 e. The Morgan fingerprint density at radius 2 is 2.00 bits per heavy atom. The number of para-hydroxylation sites is 1. The van der Waals surface area contributed by atoms with Gasteiger partial charge in [-0.1, -0.05) is 18.2 Å². The Kier molecular flexibility index (Phi) is 6.48. The van der Waals surface area contributed by atoms with Crippen molar-refractivity contribution < 1.29 is 9.59 Å². The van der Waals surface area contributed by atoms with Gasteiger partial charge < -0.3 is 16.0 Å². The monoisotopic (exact) mass is 297 g/mol. The molecule has 0 spiro atoms. The molecule has 0 saturated carbocycles. The van der Waals surface area contributed by atoms with Crippen LogP contribution in [0, 0.1) is 5.92 Å². The Morgan fingerprint density at radius 1 is 1.30 bits per heavy atom. The molecule has 2 unspecified atom stereocenters. The van der Waals surface area contributed by atoms with Gasteiger partial charge in [-0.15, -0.1) is 12.4 Å². The first-order chi connectivity index (χ1) is 9.16. The predicted molar refractivity (Wildman–Crippen MR) is 80.9 cm³/mol. The van der Waals surface area contributed by atoms with Crippen LogP contribution in [0.3, 0.4) is 0 Å². The molecule has 0 radical (unpaired) electrons. The second-order valence-corrected chi connectivity index (χ2v) is 4.78. The van der Waals surface area contributed by atoms with E-state index in [-0.39, 0.29) is 30.1 Å². The third kappa shape index (κ3) is 4.51. The zero-order valence-electron chi connectivity index (χ0n) is 11.4. The van der Waals surface area contributed by atoms with Crippen LogP contribution in [-0.2, 0) is 9.59 Å². The van der Waals surface area contributed by atoms with Gasteiger partial charge in [0, 0.05) is 12.2 Å². The van der Waals surface area contributed by atoms with Crippen molar-refractivity contribution in [1.82, 2.24) is 10.6 Å². The van der Waals surface area contributed by atoms with Gasteiger partial charge in [0.15, 0.2) is 0 Å². The first-order valence-electron chi connectivity index (χ1n) is 6.54. The van der Waals surface area contributed by atoms with E-state index in [0.717, 1.165) is 18.7 Å². The topological polar surface area (TPSA) is 70.2 Å². The van der Waals surface area contributed by atoms with E-state index >= 15 is 0 Å². The van der Waals surface area contributed by atoms with E-state index in [1.165, 1.54) is 0 Å². The number of nitrogens with one attached hydrogen (secondary N) is 3. The van der Waals surface area contributed by atoms with Crippen molar-refractivity contribution in [3.63, 3.8) is 0 Å². The summed E-state index contributed by atoms with van der Waals surface area (Å²) in [5, 5.41) is 8.65. The summed E-state index contributed by atoms with van der Waals surface area (Å²) in [5.74, 6) is -0.279. The van der Waals surface area contributed by atoms with Crippen LogP contribution in [0.15, 0.2) is 30.3 Å². The van der Waals surface area contributed by atoms with Gasteiger partial charge in [-0.05, 0) is 32.0 Å². The molecule has 1 saturated heterocycles. The number of halogens is 1. The lowest BCUT2D eigenvalue weighted by Crippen LogP contribution is -2.44. The van der Waals surface area contributed by atoms with Crippen LogP contribution in [0.1, 0.15) is 13.3 Å². The molecule has 0 bridgehead atoms. The van der Waals surface area contributed by atoms with Crippen LogP contribution in [0.2, 0.25) is 0 Å². The Balaban J connectivity index is 0.00000200. The average molecular weight is 298 g/mol. The average Bonchev–Trinajstić information content (AvgIpc) is 2.93. The third-order valence-corrected chi connectivity index (χ3v) is 3.22. The number of benzene rings is 1. The molecule has 1 aliphatic rings. The van der Waals surface area contributed by atoms with E-state index in [1.54, 1.807) is 6.92 Å². The molecule has 1 fully saturated rings. The highest BCUT2D eigenvalue weighted by atomic mass is 35.5. The van der Waals surface area contributed by atoms with E-state index in [2.05, 4.69) is 16.0 Å². The molecular weight excluding hydrogens is 278 g/mol. The molecule has 0 aromatic heterocycles. The van der Waals surface area contributed by atoms with Crippen molar-refractivity contribution in [1.29, 1.82) is 0 Å². The highest BCUT2D eigenvalue weighted by Crippen LogP contribution is 2.08. The molecule has 3 N–H and O–H groups in total. The van der Waals surface area contributed by atoms with Crippen LogP contribution >= 0.6 is 12.4 Å². The first-order valence-corrected chi connectivity index (χ1v) is 6.54. The normalized spacial score (nSPS) is 18.8. The largest absolute Gasteiger partial charge is 0.344 e. The summed E-state index contributed by atoms with van der Waals surface area (Å²) in [6.07, 6.45) is 0.832. The maximum Gasteiger partial charge on any atom is 0.246 e. The van der Waals surface area contributed by atoms with Crippen molar-refractivity contribution in [2.24, 2.45) is 5.92 Å². The summed E-state index contributed by atoms with van der Waals surface area (Å²) in [6.45, 7) is 3.25. The first kappa shape index (κ1) is 16.5. The van der Waals surface area contributed by atoms with Gasteiger partial charge in [0.25, 0.3) is 0 Å². The number of anilines is 1. The molecule has 0 aliphatic carbocycles. The van der Waals surface area contributed by atoms with Crippen LogP contribution in [0.5, 0.6) is 0 Å². The van der Waals surface area contributed by atoms with Crippen LogP contribution < -0.4 is 16.0 Å². The summed E-state index contributed by atoms with van der Waals surface area (Å²) in [7, 11) is 0. The molecule has 6 heteroatoms. The van der Waals surface area contributed by atoms with Gasteiger partial charge in [-0.25, -0.2) is 0 Å². The van der Waals surface area contributed by atoms with Crippen molar-refractivity contribution >= 4 is 29.9 Å². The fourth-order valence-electron chi connectivity index (χ4n) is 2.05. The smallest absolute Gasteiger partial charge is 0.246 e. The molecule has 2 amide bonds. The van der Waals surface area contributed by atoms with Gasteiger partial charge in [0.2, 0.25) is 11.8 Å². The van der Waals surface area contributed by atoms with E-state index in [1.807, 2.05) is 30.3 Å². The number of amides is 2. The molecule has 1 heterocycles. The summed E-state index contributed by atoms with van der Waals surface area (Å²) < 4.78 is 0. The van der Waals surface area contributed by atoms with E-state index in [0.29, 0.717) is 6.54 Å². The van der Waals surface area contributed by atoms with Crippen LogP contribution in [0.4, 0.5) is 5.69 Å². The Labute approximate surface area is 124 Å². The van der Waals surface area contributed by atoms with E-state index in [4.69, 9.17) is 0 Å². The van der Waals surface area contributed by atoms with Gasteiger partial charge in [0.05, 0.1) is 5.92 Å². The predicted octanol–water partition coefficient (Wildman–Crippen LogP) is 1.16. The molecule has 110 valence electrons. The second kappa shape index (κ2) is 7.87. The minimum atomic E-state index is -0.534. The number of carbonyl (C=O) groups is 2. The standard InChI is InChI=1S/C14H19N3O2.ClH/c1-10(16-14(19)11-7-8-15-9-11)13(18)17-12-5-3-2-4-6-12;/h2-6,10-11,15H,7-9H2,1H3,(H,16,19)(H,17,18);1H. The molecule has 1 aliphatic heterocycles.